The van der Waals surface area contributed by atoms with E-state index in [0.717, 1.165) is 21.0 Å². The topological polar surface area (TPSA) is 66.5 Å². The fourth-order valence-electron chi connectivity index (χ4n) is 3.55. The van der Waals surface area contributed by atoms with Crippen molar-refractivity contribution in [1.29, 1.82) is 0 Å². The highest BCUT2D eigenvalue weighted by Crippen LogP contribution is 2.30. The number of anilines is 2. The van der Waals surface area contributed by atoms with Gasteiger partial charge in [0.1, 0.15) is 6.54 Å². The fourth-order valence-corrected chi connectivity index (χ4v) is 5.16. The third kappa shape index (κ3) is 5.14. The maximum Gasteiger partial charge on any atom is 0.264 e. The van der Waals surface area contributed by atoms with Gasteiger partial charge < -0.3 is 5.32 Å². The van der Waals surface area contributed by atoms with E-state index >= 15 is 0 Å². The number of carbonyl (C=O) groups excluding carboxylic acids is 1. The molecule has 0 radical (unpaired) electrons. The molecule has 1 N–H and O–H groups in total. The summed E-state index contributed by atoms with van der Waals surface area (Å²) in [7, 11) is -4.02. The predicted molar refractivity (Wildman–Crippen MR) is 138 cm³/mol. The summed E-state index contributed by atoms with van der Waals surface area (Å²) in [4.78, 5) is 13.2. The largest absolute Gasteiger partial charge is 0.324 e. The van der Waals surface area contributed by atoms with E-state index in [1.165, 1.54) is 12.1 Å². The van der Waals surface area contributed by atoms with Crippen LogP contribution in [0.15, 0.2) is 108 Å². The molecule has 0 aliphatic heterocycles. The summed E-state index contributed by atoms with van der Waals surface area (Å²) in [6.07, 6.45) is 0. The highest BCUT2D eigenvalue weighted by atomic mass is 35.5. The van der Waals surface area contributed by atoms with E-state index in [9.17, 15) is 13.2 Å². The number of hydrogen-bond donors (Lipinski definition) is 1. The van der Waals surface area contributed by atoms with Gasteiger partial charge in [-0.25, -0.2) is 8.42 Å². The summed E-state index contributed by atoms with van der Waals surface area (Å²) in [5.41, 5.74) is 3.50. The van der Waals surface area contributed by atoms with E-state index < -0.39 is 22.5 Å². The Hall–Kier alpha value is -3.61. The van der Waals surface area contributed by atoms with Gasteiger partial charge in [-0.05, 0) is 48.4 Å². The normalized spacial score (nSPS) is 11.1. The first-order valence-corrected chi connectivity index (χ1v) is 12.5. The molecule has 0 aromatic heterocycles. The first kappa shape index (κ1) is 23.5. The molecule has 4 rings (SSSR count). The third-order valence-corrected chi connectivity index (χ3v) is 7.54. The molecule has 4 aromatic carbocycles. The van der Waals surface area contributed by atoms with Crippen molar-refractivity contribution in [2.24, 2.45) is 0 Å². The number of aryl methyl sites for hydroxylation is 1. The zero-order chi connectivity index (χ0) is 24.1. The van der Waals surface area contributed by atoms with Gasteiger partial charge in [-0.2, -0.15) is 0 Å². The van der Waals surface area contributed by atoms with E-state index in [0.29, 0.717) is 16.4 Å². The minimum atomic E-state index is -4.02. The van der Waals surface area contributed by atoms with Gasteiger partial charge in [0.2, 0.25) is 5.91 Å². The van der Waals surface area contributed by atoms with E-state index in [1.54, 1.807) is 42.5 Å². The lowest BCUT2D eigenvalue weighted by Crippen LogP contribution is -2.38. The maximum absolute atomic E-state index is 13.5. The number of rotatable bonds is 7. The summed E-state index contributed by atoms with van der Waals surface area (Å²) in [5.74, 6) is -0.473. The minimum Gasteiger partial charge on any atom is -0.324 e. The number of benzene rings is 4. The molecular formula is C27H23ClN2O3S. The molecule has 0 fully saturated rings. The van der Waals surface area contributed by atoms with Crippen molar-refractivity contribution < 1.29 is 13.2 Å². The Kier molecular flexibility index (Phi) is 7.01. The molecule has 0 saturated carbocycles. The summed E-state index contributed by atoms with van der Waals surface area (Å²) < 4.78 is 28.1. The van der Waals surface area contributed by atoms with Gasteiger partial charge in [0, 0.05) is 16.3 Å². The molecule has 5 nitrogen and oxygen atoms in total. The molecule has 4 aromatic rings. The lowest BCUT2D eigenvalue weighted by Gasteiger charge is -2.25. The molecule has 0 aliphatic rings. The van der Waals surface area contributed by atoms with Crippen molar-refractivity contribution >= 4 is 38.9 Å². The Bertz CT molecular complexity index is 1410. The van der Waals surface area contributed by atoms with Crippen LogP contribution >= 0.6 is 11.6 Å². The van der Waals surface area contributed by atoms with Crippen LogP contribution in [0, 0.1) is 6.92 Å². The van der Waals surface area contributed by atoms with Gasteiger partial charge in [0.05, 0.1) is 10.6 Å². The standard InChI is InChI=1S/C27H23ClN2O3S/c1-20-16-17-22(18-25(20)28)30(34(32,33)23-12-6-3-7-13-23)19-27(31)29-26-15-9-8-14-24(26)21-10-4-2-5-11-21/h2-18H,19H2,1H3,(H,29,31). The van der Waals surface area contributed by atoms with Crippen molar-refractivity contribution in [3.05, 3.63) is 114 Å². The molecule has 0 spiro atoms. The Morgan fingerprint density at radius 2 is 1.47 bits per heavy atom. The van der Waals surface area contributed by atoms with Crippen LogP contribution in [0.5, 0.6) is 0 Å². The lowest BCUT2D eigenvalue weighted by molar-refractivity contribution is -0.114. The van der Waals surface area contributed by atoms with Crippen LogP contribution in [-0.4, -0.2) is 20.9 Å². The van der Waals surface area contributed by atoms with E-state index in [1.807, 2.05) is 55.5 Å². The number of sulfonamides is 1. The predicted octanol–water partition coefficient (Wildman–Crippen LogP) is 6.15. The molecule has 0 unspecified atom stereocenters. The van der Waals surface area contributed by atoms with Crippen molar-refractivity contribution in [3.63, 3.8) is 0 Å². The molecule has 172 valence electrons. The fraction of sp³-hybridized carbons (Fsp3) is 0.0741. The third-order valence-electron chi connectivity index (χ3n) is 5.35. The number of para-hydroxylation sites is 1. The summed E-state index contributed by atoms with van der Waals surface area (Å²) >= 11 is 6.29. The van der Waals surface area contributed by atoms with Crippen LogP contribution in [0.4, 0.5) is 11.4 Å². The molecular weight excluding hydrogens is 468 g/mol. The molecule has 0 atom stereocenters. The molecule has 0 saturated heterocycles. The average molecular weight is 491 g/mol. The summed E-state index contributed by atoms with van der Waals surface area (Å²) in [6, 6.07) is 30.0. The van der Waals surface area contributed by atoms with Crippen LogP contribution < -0.4 is 9.62 Å². The monoisotopic (exact) mass is 490 g/mol. The van der Waals surface area contributed by atoms with Gasteiger partial charge in [-0.1, -0.05) is 84.4 Å². The maximum atomic E-state index is 13.5. The molecule has 7 heteroatoms. The Balaban J connectivity index is 1.68. The Morgan fingerprint density at radius 1 is 0.853 bits per heavy atom. The zero-order valence-electron chi connectivity index (χ0n) is 18.5. The van der Waals surface area contributed by atoms with Crippen LogP contribution in [0.2, 0.25) is 5.02 Å². The molecule has 0 aliphatic carbocycles. The van der Waals surface area contributed by atoms with Gasteiger partial charge in [0.15, 0.2) is 0 Å². The number of nitrogens with zero attached hydrogens (tertiary/aromatic N) is 1. The van der Waals surface area contributed by atoms with Gasteiger partial charge >= 0.3 is 0 Å². The second kappa shape index (κ2) is 10.1. The second-order valence-corrected chi connectivity index (χ2v) is 9.99. The minimum absolute atomic E-state index is 0.0872. The van der Waals surface area contributed by atoms with Crippen LogP contribution in [-0.2, 0) is 14.8 Å². The number of carbonyl (C=O) groups is 1. The highest BCUT2D eigenvalue weighted by molar-refractivity contribution is 7.92. The first-order chi connectivity index (χ1) is 16.4. The smallest absolute Gasteiger partial charge is 0.264 e. The zero-order valence-corrected chi connectivity index (χ0v) is 20.1. The van der Waals surface area contributed by atoms with E-state index in [2.05, 4.69) is 5.32 Å². The number of nitrogens with one attached hydrogen (secondary N) is 1. The quantitative estimate of drug-likeness (QED) is 0.338. The molecule has 0 bridgehead atoms. The number of amides is 1. The van der Waals surface area contributed by atoms with Crippen molar-refractivity contribution in [3.8, 4) is 11.1 Å². The summed E-state index contributed by atoms with van der Waals surface area (Å²) in [5, 5.41) is 3.30. The van der Waals surface area contributed by atoms with E-state index in [-0.39, 0.29) is 4.90 Å². The van der Waals surface area contributed by atoms with Crippen molar-refractivity contribution in [2.45, 2.75) is 11.8 Å². The van der Waals surface area contributed by atoms with Gasteiger partial charge in [-0.15, -0.1) is 0 Å². The van der Waals surface area contributed by atoms with Crippen LogP contribution in [0.3, 0.4) is 0 Å². The molecule has 34 heavy (non-hydrogen) atoms. The Labute approximate surface area is 204 Å². The highest BCUT2D eigenvalue weighted by Gasteiger charge is 2.27. The van der Waals surface area contributed by atoms with Crippen molar-refractivity contribution in [2.75, 3.05) is 16.2 Å². The van der Waals surface area contributed by atoms with Crippen LogP contribution in [0.1, 0.15) is 5.56 Å². The molecule has 0 heterocycles. The van der Waals surface area contributed by atoms with Gasteiger partial charge in [-0.3, -0.25) is 9.10 Å². The average Bonchev–Trinajstić information content (AvgIpc) is 2.86. The Morgan fingerprint density at radius 3 is 2.15 bits per heavy atom. The van der Waals surface area contributed by atoms with E-state index in [4.69, 9.17) is 11.6 Å². The SMILES string of the molecule is Cc1ccc(N(CC(=O)Nc2ccccc2-c2ccccc2)S(=O)(=O)c2ccccc2)cc1Cl. The second-order valence-electron chi connectivity index (χ2n) is 7.72. The van der Waals surface area contributed by atoms with Crippen molar-refractivity contribution in [1.82, 2.24) is 0 Å². The number of hydrogen-bond acceptors (Lipinski definition) is 3. The van der Waals surface area contributed by atoms with Crippen LogP contribution in [0.25, 0.3) is 11.1 Å². The number of halogens is 1. The first-order valence-electron chi connectivity index (χ1n) is 10.6. The molecule has 1 amide bonds. The lowest BCUT2D eigenvalue weighted by atomic mass is 10.0. The van der Waals surface area contributed by atoms with Gasteiger partial charge in [0.25, 0.3) is 10.0 Å². The summed E-state index contributed by atoms with van der Waals surface area (Å²) in [6.45, 7) is 1.41.